The molecular weight excluding hydrogens is 542 g/mol. The molecule has 0 saturated carbocycles. The monoisotopic (exact) mass is 542 g/mol. The third-order valence-corrected chi connectivity index (χ3v) is 3.61. The van der Waals surface area contributed by atoms with Gasteiger partial charge in [-0.05, 0) is 15.9 Å². The molecule has 0 aliphatic rings. The predicted octanol–water partition coefficient (Wildman–Crippen LogP) is 7.20. The van der Waals surface area contributed by atoms with Crippen LogP contribution < -0.4 is 0 Å². The Labute approximate surface area is 154 Å². The van der Waals surface area contributed by atoms with Crippen LogP contribution in [0.2, 0.25) is 0 Å². The van der Waals surface area contributed by atoms with Crippen LogP contribution in [-0.4, -0.2) is 47.9 Å². The van der Waals surface area contributed by atoms with Crippen molar-refractivity contribution in [3.8, 4) is 0 Å². The van der Waals surface area contributed by atoms with Gasteiger partial charge in [0.1, 0.15) is 4.48 Å². The number of alkyl halides is 18. The maximum Gasteiger partial charge on any atom is 0.460 e. The SMILES string of the molecule is FC(F)(F)C(Br)=CC(F)(F)C(F)(F)C(F)(F)C(F)(F)C(F)(F)C(F)(F)C(F)(F)F. The van der Waals surface area contributed by atoms with Crippen LogP contribution in [0.1, 0.15) is 0 Å². The van der Waals surface area contributed by atoms with Gasteiger partial charge in [-0.2, -0.15) is 79.0 Å². The van der Waals surface area contributed by atoms with Crippen LogP contribution in [0.3, 0.4) is 0 Å². The van der Waals surface area contributed by atoms with Crippen molar-refractivity contribution in [1.29, 1.82) is 0 Å². The third-order valence-electron chi connectivity index (χ3n) is 2.93. The summed E-state index contributed by atoms with van der Waals surface area (Å²) in [4.78, 5) is 0. The molecule has 0 fully saturated rings. The van der Waals surface area contributed by atoms with E-state index in [9.17, 15) is 79.0 Å². The molecule has 174 valence electrons. The average Bonchev–Trinajstić information content (AvgIpc) is 2.43. The normalized spacial score (nSPS) is 17.0. The molecule has 0 aromatic carbocycles. The molecule has 0 amide bonds. The summed E-state index contributed by atoms with van der Waals surface area (Å²) in [6, 6.07) is 0. The Morgan fingerprint density at radius 2 is 0.724 bits per heavy atom. The number of halogens is 19. The Bertz CT molecular complexity index is 634. The van der Waals surface area contributed by atoms with E-state index >= 15 is 0 Å². The van der Waals surface area contributed by atoms with Crippen molar-refractivity contribution in [1.82, 2.24) is 0 Å². The summed E-state index contributed by atoms with van der Waals surface area (Å²) >= 11 is 1.11. The lowest BCUT2D eigenvalue weighted by atomic mass is 9.91. The smallest absolute Gasteiger partial charge is 0.195 e. The number of rotatable bonds is 6. The van der Waals surface area contributed by atoms with Gasteiger partial charge in [-0.1, -0.05) is 0 Å². The van der Waals surface area contributed by atoms with Gasteiger partial charge in [-0.15, -0.1) is 0 Å². The molecule has 0 saturated heterocycles. The Balaban J connectivity index is 6.66. The molecule has 0 nitrogen and oxygen atoms in total. The predicted molar refractivity (Wildman–Crippen MR) is 58.8 cm³/mol. The van der Waals surface area contributed by atoms with Gasteiger partial charge >= 0.3 is 47.9 Å². The molecule has 0 radical (unpaired) electrons. The molecule has 0 spiro atoms. The topological polar surface area (TPSA) is 0 Å². The van der Waals surface area contributed by atoms with Crippen molar-refractivity contribution in [3.63, 3.8) is 0 Å². The quantitative estimate of drug-likeness (QED) is 0.311. The van der Waals surface area contributed by atoms with Gasteiger partial charge in [0.05, 0.1) is 0 Å². The standard InChI is InChI=1S/C10HBrF18/c11-2(4(14,15)16)1-3(12,13)5(17,18)6(19,20)7(21,22)8(23,24)9(25,26)10(27,28)29/h1H. The fourth-order valence-electron chi connectivity index (χ4n) is 1.31. The maximum absolute atomic E-state index is 13.2. The van der Waals surface area contributed by atoms with Crippen LogP contribution in [0.4, 0.5) is 79.0 Å². The molecule has 0 bridgehead atoms. The molecule has 0 aliphatic carbocycles. The van der Waals surface area contributed by atoms with Crippen molar-refractivity contribution >= 4 is 15.9 Å². The molecule has 0 rings (SSSR count). The van der Waals surface area contributed by atoms with Gasteiger partial charge in [0.15, 0.2) is 0 Å². The second kappa shape index (κ2) is 7.00. The first-order valence-electron chi connectivity index (χ1n) is 5.92. The summed E-state index contributed by atoms with van der Waals surface area (Å²) < 4.78 is 224. The van der Waals surface area contributed by atoms with E-state index in [1.807, 2.05) is 0 Å². The average molecular weight is 543 g/mol. The van der Waals surface area contributed by atoms with Crippen molar-refractivity contribution in [3.05, 3.63) is 10.6 Å². The van der Waals surface area contributed by atoms with Gasteiger partial charge in [0.25, 0.3) is 0 Å². The zero-order valence-electron chi connectivity index (χ0n) is 12.3. The van der Waals surface area contributed by atoms with Crippen LogP contribution >= 0.6 is 15.9 Å². The molecule has 0 heterocycles. The zero-order valence-corrected chi connectivity index (χ0v) is 13.8. The molecule has 0 N–H and O–H groups in total. The first-order chi connectivity index (χ1) is 12.1. The first-order valence-corrected chi connectivity index (χ1v) is 6.71. The molecule has 0 aliphatic heterocycles. The molecule has 0 atom stereocenters. The summed E-state index contributed by atoms with van der Waals surface area (Å²) in [7, 11) is 0. The van der Waals surface area contributed by atoms with Crippen LogP contribution in [0.5, 0.6) is 0 Å². The highest BCUT2D eigenvalue weighted by Crippen LogP contribution is 2.62. The highest BCUT2D eigenvalue weighted by molar-refractivity contribution is 9.11. The van der Waals surface area contributed by atoms with E-state index in [1.54, 1.807) is 0 Å². The summed E-state index contributed by atoms with van der Waals surface area (Å²) in [6.45, 7) is 0. The fraction of sp³-hybridized carbons (Fsp3) is 0.800. The molecule has 19 heteroatoms. The molecular formula is C10HBrF18. The Kier molecular flexibility index (Phi) is 6.75. The zero-order chi connectivity index (χ0) is 24.3. The molecule has 0 aromatic heterocycles. The molecule has 0 aromatic rings. The van der Waals surface area contributed by atoms with Gasteiger partial charge < -0.3 is 0 Å². The lowest BCUT2D eigenvalue weighted by molar-refractivity contribution is -0.449. The summed E-state index contributed by atoms with van der Waals surface area (Å²) in [5, 5.41) is 0. The maximum atomic E-state index is 13.2. The fourth-order valence-corrected chi connectivity index (χ4v) is 1.60. The van der Waals surface area contributed by atoms with Crippen molar-refractivity contribution < 1.29 is 79.0 Å². The van der Waals surface area contributed by atoms with E-state index in [-0.39, 0.29) is 0 Å². The van der Waals surface area contributed by atoms with E-state index in [0.717, 1.165) is 15.9 Å². The minimum absolute atomic E-state index is 1.11. The highest BCUT2D eigenvalue weighted by Gasteiger charge is 2.93. The summed E-state index contributed by atoms with van der Waals surface area (Å²) in [6.07, 6.45) is -16.0. The molecule has 29 heavy (non-hydrogen) atoms. The van der Waals surface area contributed by atoms with Crippen LogP contribution in [-0.2, 0) is 0 Å². The Morgan fingerprint density at radius 3 is 1.00 bits per heavy atom. The van der Waals surface area contributed by atoms with Crippen molar-refractivity contribution in [2.24, 2.45) is 0 Å². The molecule has 0 unspecified atom stereocenters. The van der Waals surface area contributed by atoms with E-state index < -0.39 is 58.4 Å². The highest BCUT2D eigenvalue weighted by atomic mass is 79.9. The van der Waals surface area contributed by atoms with E-state index in [2.05, 4.69) is 0 Å². The second-order valence-corrected chi connectivity index (χ2v) is 5.84. The number of hydrogen-bond donors (Lipinski definition) is 0. The van der Waals surface area contributed by atoms with Gasteiger partial charge in [0, 0.05) is 6.08 Å². The minimum Gasteiger partial charge on any atom is -0.195 e. The summed E-state index contributed by atoms with van der Waals surface area (Å²) in [5.74, 6) is -48.7. The number of hydrogen-bond acceptors (Lipinski definition) is 0. The summed E-state index contributed by atoms with van der Waals surface area (Å²) in [5.41, 5.74) is 0. The number of allylic oxidation sites excluding steroid dienone is 2. The van der Waals surface area contributed by atoms with E-state index in [4.69, 9.17) is 0 Å². The Morgan fingerprint density at radius 1 is 0.448 bits per heavy atom. The second-order valence-electron chi connectivity index (χ2n) is 4.98. The van der Waals surface area contributed by atoms with E-state index in [0.29, 0.717) is 0 Å². The largest absolute Gasteiger partial charge is 0.460 e. The van der Waals surface area contributed by atoms with Crippen LogP contribution in [0.25, 0.3) is 0 Å². The first kappa shape index (κ1) is 28.0. The van der Waals surface area contributed by atoms with Crippen molar-refractivity contribution in [2.45, 2.75) is 47.9 Å². The lowest BCUT2D eigenvalue weighted by Crippen LogP contribution is -2.72. The minimum atomic E-state index is -8.55. The van der Waals surface area contributed by atoms with Crippen molar-refractivity contribution in [2.75, 3.05) is 0 Å². The third kappa shape index (κ3) is 4.11. The lowest BCUT2D eigenvalue weighted by Gasteiger charge is -2.41. The Hall–Kier alpha value is -1.04. The van der Waals surface area contributed by atoms with Crippen LogP contribution in [0.15, 0.2) is 10.6 Å². The van der Waals surface area contributed by atoms with E-state index in [1.165, 1.54) is 0 Å². The van der Waals surface area contributed by atoms with Gasteiger partial charge in [0.2, 0.25) is 0 Å². The van der Waals surface area contributed by atoms with Gasteiger partial charge in [-0.3, -0.25) is 0 Å². The van der Waals surface area contributed by atoms with Crippen LogP contribution in [0, 0.1) is 0 Å². The van der Waals surface area contributed by atoms with Gasteiger partial charge in [-0.25, -0.2) is 0 Å².